The van der Waals surface area contributed by atoms with Crippen molar-refractivity contribution in [2.75, 3.05) is 11.8 Å². The van der Waals surface area contributed by atoms with Gasteiger partial charge in [-0.05, 0) is 29.8 Å². The molecule has 0 aliphatic carbocycles. The van der Waals surface area contributed by atoms with Crippen LogP contribution in [0.1, 0.15) is 10.4 Å². The van der Waals surface area contributed by atoms with Crippen LogP contribution in [0.4, 0.5) is 5.82 Å². The van der Waals surface area contributed by atoms with Crippen LogP contribution in [0.15, 0.2) is 35.2 Å². The van der Waals surface area contributed by atoms with E-state index in [4.69, 9.17) is 23.2 Å². The third kappa shape index (κ3) is 3.85. The SMILES string of the molecule is COC(=O)c1cccc(S(=O)(=O)Nc2cc(Cl)nc(Cl)n2)c1. The Kier molecular flexibility index (Phi) is 4.84. The van der Waals surface area contributed by atoms with Gasteiger partial charge in [0.15, 0.2) is 0 Å². The van der Waals surface area contributed by atoms with E-state index in [0.29, 0.717) is 0 Å². The Morgan fingerprint density at radius 3 is 2.59 bits per heavy atom. The lowest BCUT2D eigenvalue weighted by molar-refractivity contribution is 0.0600. The lowest BCUT2D eigenvalue weighted by Crippen LogP contribution is -2.15. The number of halogens is 2. The van der Waals surface area contributed by atoms with E-state index in [9.17, 15) is 13.2 Å². The summed E-state index contributed by atoms with van der Waals surface area (Å²) >= 11 is 11.3. The van der Waals surface area contributed by atoms with Crippen LogP contribution in [0.5, 0.6) is 0 Å². The first-order valence-electron chi connectivity index (χ1n) is 5.73. The average Bonchev–Trinajstić information content (AvgIpc) is 2.45. The highest BCUT2D eigenvalue weighted by Crippen LogP contribution is 2.19. The van der Waals surface area contributed by atoms with Crippen molar-refractivity contribution in [2.45, 2.75) is 4.90 Å². The van der Waals surface area contributed by atoms with Crippen molar-refractivity contribution in [3.05, 3.63) is 46.3 Å². The highest BCUT2D eigenvalue weighted by atomic mass is 35.5. The molecule has 0 spiro atoms. The van der Waals surface area contributed by atoms with E-state index in [-0.39, 0.29) is 26.7 Å². The molecule has 0 saturated carbocycles. The summed E-state index contributed by atoms with van der Waals surface area (Å²) in [7, 11) is -2.78. The average molecular weight is 362 g/mol. The topological polar surface area (TPSA) is 98.2 Å². The van der Waals surface area contributed by atoms with Gasteiger partial charge in [0.1, 0.15) is 11.0 Å². The molecule has 2 rings (SSSR count). The van der Waals surface area contributed by atoms with E-state index in [1.54, 1.807) is 0 Å². The molecule has 7 nitrogen and oxygen atoms in total. The van der Waals surface area contributed by atoms with Crippen molar-refractivity contribution in [2.24, 2.45) is 0 Å². The fourth-order valence-corrected chi connectivity index (χ4v) is 2.99. The lowest BCUT2D eigenvalue weighted by Gasteiger charge is -2.08. The molecule has 10 heteroatoms. The summed E-state index contributed by atoms with van der Waals surface area (Å²) in [5.41, 5.74) is 0.101. The van der Waals surface area contributed by atoms with Crippen molar-refractivity contribution in [3.8, 4) is 0 Å². The Labute approximate surface area is 136 Å². The third-order valence-corrected chi connectivity index (χ3v) is 4.19. The van der Waals surface area contributed by atoms with Gasteiger partial charge < -0.3 is 4.74 Å². The van der Waals surface area contributed by atoms with Gasteiger partial charge in [0.05, 0.1) is 17.6 Å². The standard InChI is InChI=1S/C12H9Cl2N3O4S/c1-21-11(18)7-3-2-4-8(5-7)22(19,20)17-10-6-9(13)15-12(14)16-10/h2-6H,1H3,(H,15,16,17). The molecule has 0 unspecified atom stereocenters. The minimum absolute atomic E-state index is 0.0130. The predicted molar refractivity (Wildman–Crippen MR) is 80.6 cm³/mol. The first-order valence-corrected chi connectivity index (χ1v) is 7.97. The smallest absolute Gasteiger partial charge is 0.337 e. The molecule has 0 bridgehead atoms. The number of rotatable bonds is 4. The van der Waals surface area contributed by atoms with Gasteiger partial charge in [-0.1, -0.05) is 17.7 Å². The third-order valence-electron chi connectivity index (χ3n) is 2.47. The van der Waals surface area contributed by atoms with Crippen LogP contribution in [0, 0.1) is 0 Å². The van der Waals surface area contributed by atoms with E-state index in [2.05, 4.69) is 19.4 Å². The van der Waals surface area contributed by atoms with Crippen molar-refractivity contribution in [1.82, 2.24) is 9.97 Å². The molecule has 0 radical (unpaired) electrons. The van der Waals surface area contributed by atoms with Gasteiger partial charge in [-0.3, -0.25) is 4.72 Å². The van der Waals surface area contributed by atoms with Crippen molar-refractivity contribution in [3.63, 3.8) is 0 Å². The Morgan fingerprint density at radius 2 is 1.95 bits per heavy atom. The maximum absolute atomic E-state index is 12.3. The van der Waals surface area contributed by atoms with Gasteiger partial charge in [0.2, 0.25) is 5.28 Å². The molecule has 0 atom stereocenters. The van der Waals surface area contributed by atoms with Gasteiger partial charge >= 0.3 is 5.97 Å². The Morgan fingerprint density at radius 1 is 1.23 bits per heavy atom. The molecule has 1 heterocycles. The zero-order chi connectivity index (χ0) is 16.3. The van der Waals surface area contributed by atoms with Crippen LogP contribution < -0.4 is 4.72 Å². The quantitative estimate of drug-likeness (QED) is 0.509. The molecular weight excluding hydrogens is 353 g/mol. The fraction of sp³-hybridized carbons (Fsp3) is 0.0833. The van der Waals surface area contributed by atoms with Crippen LogP contribution in [0.2, 0.25) is 10.4 Å². The summed E-state index contributed by atoms with van der Waals surface area (Å²) in [5.74, 6) is -0.737. The number of esters is 1. The van der Waals surface area contributed by atoms with Gasteiger partial charge in [0.25, 0.3) is 10.0 Å². The number of hydrogen-bond acceptors (Lipinski definition) is 6. The predicted octanol–water partition coefficient (Wildman–Crippen LogP) is 2.37. The minimum atomic E-state index is -3.98. The molecule has 1 aromatic carbocycles. The Balaban J connectivity index is 2.36. The van der Waals surface area contributed by atoms with Crippen LogP contribution in [0.3, 0.4) is 0 Å². The number of methoxy groups -OCH3 is 1. The normalized spacial score (nSPS) is 11.0. The molecule has 1 N–H and O–H groups in total. The second-order valence-corrected chi connectivity index (χ2v) is 6.38. The Bertz CT molecular complexity index is 807. The van der Waals surface area contributed by atoms with E-state index < -0.39 is 16.0 Å². The monoisotopic (exact) mass is 361 g/mol. The zero-order valence-corrected chi connectivity index (χ0v) is 13.4. The van der Waals surface area contributed by atoms with Crippen molar-refractivity contribution >= 4 is 45.0 Å². The number of carbonyl (C=O) groups is 1. The van der Waals surface area contributed by atoms with Crippen LogP contribution in [0.25, 0.3) is 0 Å². The minimum Gasteiger partial charge on any atom is -0.465 e. The maximum atomic E-state index is 12.3. The first-order chi connectivity index (χ1) is 10.3. The number of anilines is 1. The number of ether oxygens (including phenoxy) is 1. The molecule has 116 valence electrons. The summed E-state index contributed by atoms with van der Waals surface area (Å²) in [6.07, 6.45) is 0. The second-order valence-electron chi connectivity index (χ2n) is 3.97. The van der Waals surface area contributed by atoms with Crippen LogP contribution in [-0.2, 0) is 14.8 Å². The van der Waals surface area contributed by atoms with Crippen molar-refractivity contribution in [1.29, 1.82) is 0 Å². The summed E-state index contributed by atoms with van der Waals surface area (Å²) in [6.45, 7) is 0. The fourth-order valence-electron chi connectivity index (χ4n) is 1.55. The summed E-state index contributed by atoms with van der Waals surface area (Å²) in [4.78, 5) is 18.6. The molecule has 0 saturated heterocycles. The lowest BCUT2D eigenvalue weighted by atomic mass is 10.2. The number of sulfonamides is 1. The van der Waals surface area contributed by atoms with E-state index in [1.807, 2.05) is 0 Å². The molecule has 0 aliphatic heterocycles. The number of carbonyl (C=O) groups excluding carboxylic acids is 1. The van der Waals surface area contributed by atoms with Crippen molar-refractivity contribution < 1.29 is 17.9 Å². The number of benzene rings is 1. The zero-order valence-electron chi connectivity index (χ0n) is 11.1. The van der Waals surface area contributed by atoms with E-state index in [1.165, 1.54) is 37.4 Å². The van der Waals surface area contributed by atoms with Gasteiger partial charge in [-0.15, -0.1) is 0 Å². The molecule has 22 heavy (non-hydrogen) atoms. The number of hydrogen-bond donors (Lipinski definition) is 1. The van der Waals surface area contributed by atoms with Gasteiger partial charge in [-0.25, -0.2) is 18.2 Å². The molecule has 0 aliphatic rings. The second kappa shape index (κ2) is 6.47. The molecule has 0 amide bonds. The van der Waals surface area contributed by atoms with Crippen LogP contribution in [-0.4, -0.2) is 31.5 Å². The Hall–Kier alpha value is -1.90. The maximum Gasteiger partial charge on any atom is 0.337 e. The van der Waals surface area contributed by atoms with E-state index >= 15 is 0 Å². The number of nitrogens with one attached hydrogen (secondary N) is 1. The highest BCUT2D eigenvalue weighted by Gasteiger charge is 2.18. The molecule has 1 aromatic heterocycles. The van der Waals surface area contributed by atoms with Gasteiger partial charge in [-0.2, -0.15) is 4.98 Å². The largest absolute Gasteiger partial charge is 0.465 e. The summed E-state index contributed by atoms with van der Waals surface area (Å²) < 4.78 is 31.3. The summed E-state index contributed by atoms with van der Waals surface area (Å²) in [5, 5.41) is -0.213. The number of aromatic nitrogens is 2. The first kappa shape index (κ1) is 16.5. The molecule has 2 aromatic rings. The number of nitrogens with zero attached hydrogens (tertiary/aromatic N) is 2. The molecular formula is C12H9Cl2N3O4S. The van der Waals surface area contributed by atoms with E-state index in [0.717, 1.165) is 0 Å². The van der Waals surface area contributed by atoms with Crippen LogP contribution >= 0.6 is 23.2 Å². The van der Waals surface area contributed by atoms with Gasteiger partial charge in [0, 0.05) is 6.07 Å². The summed E-state index contributed by atoms with van der Waals surface area (Å²) in [6, 6.07) is 6.55. The highest BCUT2D eigenvalue weighted by molar-refractivity contribution is 7.92. The molecule has 0 fully saturated rings.